The van der Waals surface area contributed by atoms with Crippen molar-refractivity contribution in [3.8, 4) is 5.75 Å². The maximum atomic E-state index is 12.7. The van der Waals surface area contributed by atoms with Crippen molar-refractivity contribution in [2.75, 3.05) is 12.0 Å². The second-order valence-electron chi connectivity index (χ2n) is 5.21. The van der Waals surface area contributed by atoms with Gasteiger partial charge in [0, 0.05) is 4.47 Å². The van der Waals surface area contributed by atoms with Crippen molar-refractivity contribution in [3.63, 3.8) is 0 Å². The largest absolute Gasteiger partial charge is 0.497 e. The minimum atomic E-state index is -0.778. The van der Waals surface area contributed by atoms with Gasteiger partial charge in [-0.25, -0.2) is 9.69 Å². The lowest BCUT2D eigenvalue weighted by molar-refractivity contribution is -0.122. The van der Waals surface area contributed by atoms with Crippen LogP contribution in [0.4, 0.5) is 10.5 Å². The summed E-state index contributed by atoms with van der Waals surface area (Å²) in [5, 5.41) is 2.19. The van der Waals surface area contributed by atoms with Crippen LogP contribution in [0.25, 0.3) is 6.08 Å². The van der Waals surface area contributed by atoms with Crippen LogP contribution < -0.4 is 15.0 Å². The molecule has 1 N–H and O–H groups in total. The predicted molar refractivity (Wildman–Crippen MR) is 96.1 cm³/mol. The highest BCUT2D eigenvalue weighted by atomic mass is 79.9. The van der Waals surface area contributed by atoms with Crippen LogP contribution in [0.15, 0.2) is 58.6 Å². The lowest BCUT2D eigenvalue weighted by Crippen LogP contribution is -2.54. The smallest absolute Gasteiger partial charge is 0.335 e. The summed E-state index contributed by atoms with van der Waals surface area (Å²) < 4.78 is 5.79. The number of carbonyl (C=O) groups excluding carboxylic acids is 3. The number of nitrogens with zero attached hydrogens (tertiary/aromatic N) is 1. The number of nitrogens with one attached hydrogen (secondary N) is 1. The molecular formula is C18H13BrN2O4. The Kier molecular flexibility index (Phi) is 4.67. The van der Waals surface area contributed by atoms with Crippen molar-refractivity contribution in [2.24, 2.45) is 0 Å². The van der Waals surface area contributed by atoms with E-state index in [1.165, 1.54) is 6.08 Å². The van der Waals surface area contributed by atoms with Crippen LogP contribution in [0.3, 0.4) is 0 Å². The van der Waals surface area contributed by atoms with Crippen molar-refractivity contribution in [1.82, 2.24) is 5.32 Å². The van der Waals surface area contributed by atoms with Crippen LogP contribution in [-0.4, -0.2) is 25.0 Å². The van der Waals surface area contributed by atoms with Gasteiger partial charge in [0.25, 0.3) is 11.8 Å². The Hall–Kier alpha value is -2.93. The molecule has 0 aliphatic carbocycles. The van der Waals surface area contributed by atoms with Gasteiger partial charge in [-0.3, -0.25) is 14.9 Å². The molecule has 0 atom stereocenters. The van der Waals surface area contributed by atoms with E-state index in [0.29, 0.717) is 21.5 Å². The van der Waals surface area contributed by atoms with Gasteiger partial charge in [0.2, 0.25) is 0 Å². The monoisotopic (exact) mass is 400 g/mol. The molecule has 126 valence electrons. The van der Waals surface area contributed by atoms with E-state index in [4.69, 9.17) is 4.74 Å². The zero-order valence-corrected chi connectivity index (χ0v) is 14.7. The summed E-state index contributed by atoms with van der Waals surface area (Å²) in [6.45, 7) is 0. The molecule has 1 saturated heterocycles. The number of ether oxygens (including phenoxy) is 1. The van der Waals surface area contributed by atoms with E-state index < -0.39 is 17.8 Å². The van der Waals surface area contributed by atoms with Gasteiger partial charge < -0.3 is 4.74 Å². The maximum absolute atomic E-state index is 12.7. The predicted octanol–water partition coefficient (Wildman–Crippen LogP) is 3.12. The summed E-state index contributed by atoms with van der Waals surface area (Å²) in [7, 11) is 1.55. The quantitative estimate of drug-likeness (QED) is 0.634. The molecule has 0 unspecified atom stereocenters. The molecule has 25 heavy (non-hydrogen) atoms. The molecule has 7 heteroatoms. The fourth-order valence-corrected chi connectivity index (χ4v) is 2.76. The summed E-state index contributed by atoms with van der Waals surface area (Å²) in [5.41, 5.74) is 0.887. The van der Waals surface area contributed by atoms with Crippen LogP contribution in [-0.2, 0) is 9.59 Å². The lowest BCUT2D eigenvalue weighted by Gasteiger charge is -2.26. The molecule has 2 aromatic carbocycles. The molecule has 6 nitrogen and oxygen atoms in total. The highest BCUT2D eigenvalue weighted by Gasteiger charge is 2.36. The summed E-state index contributed by atoms with van der Waals surface area (Å²) >= 11 is 3.30. The Morgan fingerprint density at radius 1 is 1.08 bits per heavy atom. The van der Waals surface area contributed by atoms with Gasteiger partial charge >= 0.3 is 6.03 Å². The number of rotatable bonds is 3. The molecule has 4 amide bonds. The first-order valence-electron chi connectivity index (χ1n) is 7.30. The average Bonchev–Trinajstić information content (AvgIpc) is 2.59. The number of hydrogen-bond acceptors (Lipinski definition) is 4. The Labute approximate surface area is 152 Å². The van der Waals surface area contributed by atoms with Gasteiger partial charge in [0.1, 0.15) is 11.3 Å². The van der Waals surface area contributed by atoms with Crippen molar-refractivity contribution >= 4 is 45.5 Å². The number of benzene rings is 2. The second kappa shape index (κ2) is 6.90. The summed E-state index contributed by atoms with van der Waals surface area (Å²) in [6, 6.07) is 12.8. The second-order valence-corrected chi connectivity index (χ2v) is 6.13. The van der Waals surface area contributed by atoms with Gasteiger partial charge in [-0.2, -0.15) is 0 Å². The normalized spacial score (nSPS) is 16.2. The maximum Gasteiger partial charge on any atom is 0.335 e. The standard InChI is InChI=1S/C18H13BrN2O4/c1-25-14-7-5-11(6-8-14)9-15-16(22)20-18(24)21(17(15)23)13-4-2-3-12(19)10-13/h2-10H,1H3,(H,20,22,24). The fourth-order valence-electron chi connectivity index (χ4n) is 2.37. The number of carbonyl (C=O) groups is 3. The number of methoxy groups -OCH3 is 1. The van der Waals surface area contributed by atoms with Crippen LogP contribution in [0.5, 0.6) is 5.75 Å². The third-order valence-electron chi connectivity index (χ3n) is 3.59. The number of imide groups is 2. The van der Waals surface area contributed by atoms with Crippen molar-refractivity contribution in [2.45, 2.75) is 0 Å². The van der Waals surface area contributed by atoms with E-state index in [1.807, 2.05) is 0 Å². The minimum absolute atomic E-state index is 0.121. The topological polar surface area (TPSA) is 75.7 Å². The minimum Gasteiger partial charge on any atom is -0.497 e. The van der Waals surface area contributed by atoms with E-state index in [-0.39, 0.29) is 5.57 Å². The van der Waals surface area contributed by atoms with Gasteiger partial charge in [-0.15, -0.1) is 0 Å². The van der Waals surface area contributed by atoms with Crippen molar-refractivity contribution in [1.29, 1.82) is 0 Å². The van der Waals surface area contributed by atoms with Crippen molar-refractivity contribution < 1.29 is 19.1 Å². The summed E-state index contributed by atoms with van der Waals surface area (Å²) in [4.78, 5) is 37.9. The highest BCUT2D eigenvalue weighted by molar-refractivity contribution is 9.10. The van der Waals surface area contributed by atoms with Crippen LogP contribution in [0, 0.1) is 0 Å². The van der Waals surface area contributed by atoms with Gasteiger partial charge in [-0.1, -0.05) is 34.1 Å². The molecular weight excluding hydrogens is 388 g/mol. The molecule has 2 aromatic rings. The molecule has 1 aliphatic heterocycles. The van der Waals surface area contributed by atoms with E-state index >= 15 is 0 Å². The zero-order valence-electron chi connectivity index (χ0n) is 13.2. The van der Waals surface area contributed by atoms with Gasteiger partial charge in [0.15, 0.2) is 0 Å². The third kappa shape index (κ3) is 3.46. The molecule has 3 rings (SSSR count). The van der Waals surface area contributed by atoms with Crippen LogP contribution >= 0.6 is 15.9 Å². The molecule has 0 spiro atoms. The van der Waals surface area contributed by atoms with E-state index in [9.17, 15) is 14.4 Å². The highest BCUT2D eigenvalue weighted by Crippen LogP contribution is 2.25. The third-order valence-corrected chi connectivity index (χ3v) is 4.09. The average molecular weight is 401 g/mol. The van der Waals surface area contributed by atoms with Crippen LogP contribution in [0.1, 0.15) is 5.56 Å². The first-order chi connectivity index (χ1) is 12.0. The Bertz CT molecular complexity index is 890. The molecule has 0 saturated carbocycles. The van der Waals surface area contributed by atoms with Crippen molar-refractivity contribution in [3.05, 3.63) is 64.1 Å². The zero-order chi connectivity index (χ0) is 18.0. The first kappa shape index (κ1) is 16.9. The van der Waals surface area contributed by atoms with Gasteiger partial charge in [0.05, 0.1) is 12.8 Å². The Balaban J connectivity index is 1.98. The number of amides is 4. The van der Waals surface area contributed by atoms with Gasteiger partial charge in [-0.05, 0) is 42.0 Å². The molecule has 1 heterocycles. The summed E-state index contributed by atoms with van der Waals surface area (Å²) in [6.07, 6.45) is 1.44. The van der Waals surface area contributed by atoms with E-state index in [0.717, 1.165) is 4.90 Å². The number of urea groups is 1. The number of barbiturate groups is 1. The lowest BCUT2D eigenvalue weighted by atomic mass is 10.1. The SMILES string of the molecule is COc1ccc(C=C2C(=O)NC(=O)N(c3cccc(Br)c3)C2=O)cc1. The molecule has 0 radical (unpaired) electrons. The first-order valence-corrected chi connectivity index (χ1v) is 8.10. The van der Waals surface area contributed by atoms with Crippen LogP contribution in [0.2, 0.25) is 0 Å². The molecule has 1 fully saturated rings. The molecule has 1 aliphatic rings. The molecule has 0 aromatic heterocycles. The Morgan fingerprint density at radius 3 is 2.44 bits per heavy atom. The fraction of sp³-hybridized carbons (Fsp3) is 0.0556. The Morgan fingerprint density at radius 2 is 1.80 bits per heavy atom. The number of hydrogen-bond donors (Lipinski definition) is 1. The van der Waals surface area contributed by atoms with E-state index in [1.54, 1.807) is 55.6 Å². The van der Waals surface area contributed by atoms with E-state index in [2.05, 4.69) is 21.2 Å². The number of anilines is 1. The summed E-state index contributed by atoms with van der Waals surface area (Å²) in [5.74, 6) is -0.743. The number of halogens is 1. The molecule has 0 bridgehead atoms.